The third-order valence-corrected chi connectivity index (χ3v) is 4.52. The molecule has 0 radical (unpaired) electrons. The van der Waals surface area contributed by atoms with Crippen molar-refractivity contribution in [3.63, 3.8) is 0 Å². The van der Waals surface area contributed by atoms with Gasteiger partial charge in [0.1, 0.15) is 0 Å². The fourth-order valence-corrected chi connectivity index (χ4v) is 3.55. The topological polar surface area (TPSA) is 87.3 Å². The molecule has 3 rings (SSSR count). The first kappa shape index (κ1) is 14.6. The molecule has 0 spiro atoms. The Hall–Kier alpha value is -2.35. The lowest BCUT2D eigenvalue weighted by molar-refractivity contribution is -0.384. The number of aryl methyl sites for hydroxylation is 1. The van der Waals surface area contributed by atoms with Crippen LogP contribution in [0.1, 0.15) is 23.0 Å². The van der Waals surface area contributed by atoms with Crippen molar-refractivity contribution in [2.45, 2.75) is 17.6 Å². The van der Waals surface area contributed by atoms with Gasteiger partial charge in [-0.2, -0.15) is 5.10 Å². The number of esters is 1. The summed E-state index contributed by atoms with van der Waals surface area (Å²) in [6, 6.07) is 4.74. The number of carbonyl (C=O) groups is 1. The normalized spacial score (nSPS) is 12.5. The highest BCUT2D eigenvalue weighted by Crippen LogP contribution is 2.43. The van der Waals surface area contributed by atoms with E-state index < -0.39 is 10.9 Å². The third kappa shape index (κ3) is 2.25. The van der Waals surface area contributed by atoms with Crippen LogP contribution in [0, 0.1) is 10.1 Å². The molecular weight excluding hydrogens is 306 g/mol. The van der Waals surface area contributed by atoms with Crippen LogP contribution >= 0.6 is 11.8 Å². The van der Waals surface area contributed by atoms with Crippen LogP contribution in [0.3, 0.4) is 0 Å². The van der Waals surface area contributed by atoms with Gasteiger partial charge in [-0.1, -0.05) is 0 Å². The van der Waals surface area contributed by atoms with Gasteiger partial charge in [0.05, 0.1) is 17.2 Å². The van der Waals surface area contributed by atoms with E-state index >= 15 is 0 Å². The number of nitrogens with zero attached hydrogens (tertiary/aromatic N) is 3. The lowest BCUT2D eigenvalue weighted by Gasteiger charge is -2.16. The number of ether oxygens (including phenoxy) is 1. The van der Waals surface area contributed by atoms with Crippen molar-refractivity contribution >= 4 is 23.4 Å². The number of hydrogen-bond donors (Lipinski definition) is 0. The lowest BCUT2D eigenvalue weighted by atomic mass is 10.1. The Labute approximate surface area is 130 Å². The number of nitro groups is 1. The third-order valence-electron chi connectivity index (χ3n) is 3.42. The second-order valence-electron chi connectivity index (χ2n) is 4.75. The van der Waals surface area contributed by atoms with E-state index in [1.165, 1.54) is 23.9 Å². The summed E-state index contributed by atoms with van der Waals surface area (Å²) in [5.74, 6) is 0.121. The SMILES string of the molecule is CCOC(=O)c1nn(C)c2c1CSc1ccc([N+](=O)[O-])cc1-2. The molecule has 8 heteroatoms. The van der Waals surface area contributed by atoms with Crippen LogP contribution in [0.2, 0.25) is 0 Å². The number of aromatic nitrogens is 2. The van der Waals surface area contributed by atoms with Crippen LogP contribution in [0.4, 0.5) is 5.69 Å². The van der Waals surface area contributed by atoms with Gasteiger partial charge in [0.25, 0.3) is 5.69 Å². The maximum atomic E-state index is 12.0. The molecule has 22 heavy (non-hydrogen) atoms. The van der Waals surface area contributed by atoms with Crippen LogP contribution in [0.5, 0.6) is 0 Å². The van der Waals surface area contributed by atoms with Crippen LogP contribution in [-0.4, -0.2) is 27.3 Å². The molecule has 0 saturated heterocycles. The van der Waals surface area contributed by atoms with Crippen molar-refractivity contribution in [2.24, 2.45) is 7.05 Å². The number of hydrogen-bond acceptors (Lipinski definition) is 6. The summed E-state index contributed by atoms with van der Waals surface area (Å²) < 4.78 is 6.61. The fourth-order valence-electron chi connectivity index (χ4n) is 2.50. The number of benzene rings is 1. The van der Waals surface area contributed by atoms with Gasteiger partial charge in [-0.05, 0) is 13.0 Å². The van der Waals surface area contributed by atoms with E-state index in [1.807, 2.05) is 0 Å². The summed E-state index contributed by atoms with van der Waals surface area (Å²) in [4.78, 5) is 23.5. The van der Waals surface area contributed by atoms with E-state index in [2.05, 4.69) is 5.10 Å². The molecule has 2 heterocycles. The standard InChI is InChI=1S/C14H13N3O4S/c1-3-21-14(18)12-10-7-22-11-5-4-8(17(19)20)6-9(11)13(10)16(2)15-12/h4-6H,3,7H2,1-2H3. The van der Waals surface area contributed by atoms with Crippen LogP contribution in [0.25, 0.3) is 11.3 Å². The average Bonchev–Trinajstić information content (AvgIpc) is 2.84. The molecule has 0 fully saturated rings. The summed E-state index contributed by atoms with van der Waals surface area (Å²) in [7, 11) is 1.72. The Kier molecular flexibility index (Phi) is 3.61. The molecular formula is C14H13N3O4S. The first-order valence-electron chi connectivity index (χ1n) is 6.67. The van der Waals surface area contributed by atoms with Gasteiger partial charge in [-0.3, -0.25) is 14.8 Å². The molecule has 0 bridgehead atoms. The average molecular weight is 319 g/mol. The van der Waals surface area contributed by atoms with E-state index in [4.69, 9.17) is 4.74 Å². The van der Waals surface area contributed by atoms with Gasteiger partial charge in [0.2, 0.25) is 0 Å². The second kappa shape index (κ2) is 5.45. The minimum absolute atomic E-state index is 0.0195. The van der Waals surface area contributed by atoms with Gasteiger partial charge in [0, 0.05) is 41.0 Å². The fraction of sp³-hybridized carbons (Fsp3) is 0.286. The van der Waals surface area contributed by atoms with Gasteiger partial charge in [0.15, 0.2) is 5.69 Å². The first-order chi connectivity index (χ1) is 10.5. The summed E-state index contributed by atoms with van der Waals surface area (Å²) in [5.41, 5.74) is 2.53. The molecule has 114 valence electrons. The molecule has 0 saturated carbocycles. The quantitative estimate of drug-likeness (QED) is 0.491. The molecule has 1 aliphatic rings. The molecule has 0 atom stereocenters. The molecule has 0 N–H and O–H groups in total. The molecule has 0 amide bonds. The van der Waals surface area contributed by atoms with E-state index in [0.717, 1.165) is 21.7 Å². The number of fused-ring (bicyclic) bond motifs is 3. The smallest absolute Gasteiger partial charge is 0.359 e. The number of rotatable bonds is 3. The Balaban J connectivity index is 2.16. The summed E-state index contributed by atoms with van der Waals surface area (Å²) in [6.07, 6.45) is 0. The zero-order valence-electron chi connectivity index (χ0n) is 12.0. The monoisotopic (exact) mass is 319 g/mol. The minimum Gasteiger partial charge on any atom is -0.461 e. The predicted octanol–water partition coefficient (Wildman–Crippen LogP) is 2.78. The van der Waals surface area contributed by atoms with E-state index in [-0.39, 0.29) is 18.0 Å². The zero-order valence-corrected chi connectivity index (χ0v) is 12.8. The van der Waals surface area contributed by atoms with Crippen molar-refractivity contribution in [2.75, 3.05) is 6.61 Å². The summed E-state index contributed by atoms with van der Waals surface area (Å²) in [5, 5.41) is 15.2. The Bertz CT molecular complexity index is 785. The number of carbonyl (C=O) groups excluding carboxylic acids is 1. The molecule has 0 unspecified atom stereocenters. The molecule has 1 aromatic heterocycles. The van der Waals surface area contributed by atoms with Crippen molar-refractivity contribution < 1.29 is 14.5 Å². The van der Waals surface area contributed by atoms with E-state index in [1.54, 1.807) is 24.7 Å². The highest BCUT2D eigenvalue weighted by atomic mass is 32.2. The van der Waals surface area contributed by atoms with Crippen LogP contribution < -0.4 is 0 Å². The highest BCUT2D eigenvalue weighted by Gasteiger charge is 2.29. The van der Waals surface area contributed by atoms with Gasteiger partial charge < -0.3 is 4.74 Å². The maximum absolute atomic E-state index is 12.0. The number of nitro benzene ring substituents is 1. The molecule has 0 aliphatic carbocycles. The van der Waals surface area contributed by atoms with Crippen LogP contribution in [-0.2, 0) is 17.5 Å². The minimum atomic E-state index is -0.464. The largest absolute Gasteiger partial charge is 0.461 e. The summed E-state index contributed by atoms with van der Waals surface area (Å²) >= 11 is 1.53. The maximum Gasteiger partial charge on any atom is 0.359 e. The van der Waals surface area contributed by atoms with Gasteiger partial charge >= 0.3 is 5.97 Å². The number of thioether (sulfide) groups is 1. The van der Waals surface area contributed by atoms with Gasteiger partial charge in [-0.15, -0.1) is 11.8 Å². The molecule has 7 nitrogen and oxygen atoms in total. The Morgan fingerprint density at radius 2 is 2.32 bits per heavy atom. The summed E-state index contributed by atoms with van der Waals surface area (Å²) in [6.45, 7) is 2.01. The van der Waals surface area contributed by atoms with Crippen molar-refractivity contribution in [3.8, 4) is 11.3 Å². The molecule has 2 aromatic rings. The van der Waals surface area contributed by atoms with Gasteiger partial charge in [-0.25, -0.2) is 4.79 Å². The predicted molar refractivity (Wildman–Crippen MR) is 80.8 cm³/mol. The second-order valence-corrected chi connectivity index (χ2v) is 5.76. The number of non-ortho nitro benzene ring substituents is 1. The van der Waals surface area contributed by atoms with Crippen LogP contribution in [0.15, 0.2) is 23.1 Å². The van der Waals surface area contributed by atoms with Crippen molar-refractivity contribution in [1.82, 2.24) is 9.78 Å². The molecule has 1 aromatic carbocycles. The van der Waals surface area contributed by atoms with E-state index in [9.17, 15) is 14.9 Å². The lowest BCUT2D eigenvalue weighted by Crippen LogP contribution is -2.08. The Morgan fingerprint density at radius 1 is 1.55 bits per heavy atom. The van der Waals surface area contributed by atoms with E-state index in [0.29, 0.717) is 5.75 Å². The highest BCUT2D eigenvalue weighted by molar-refractivity contribution is 7.98. The first-order valence-corrected chi connectivity index (χ1v) is 7.66. The Morgan fingerprint density at radius 3 is 3.00 bits per heavy atom. The zero-order chi connectivity index (χ0) is 15.9. The van der Waals surface area contributed by atoms with Crippen molar-refractivity contribution in [3.05, 3.63) is 39.6 Å². The molecule has 1 aliphatic heterocycles. The van der Waals surface area contributed by atoms with Crippen molar-refractivity contribution in [1.29, 1.82) is 0 Å².